The van der Waals surface area contributed by atoms with Crippen molar-refractivity contribution in [1.82, 2.24) is 4.90 Å². The van der Waals surface area contributed by atoms with E-state index in [1.54, 1.807) is 0 Å². The van der Waals surface area contributed by atoms with Gasteiger partial charge in [-0.3, -0.25) is 9.69 Å². The molecule has 1 aliphatic rings. The zero-order valence-corrected chi connectivity index (χ0v) is 12.8. The fourth-order valence-corrected chi connectivity index (χ4v) is 3.60. The van der Waals surface area contributed by atoms with Crippen LogP contribution < -0.4 is 0 Å². The van der Waals surface area contributed by atoms with Gasteiger partial charge in [0, 0.05) is 5.56 Å². The summed E-state index contributed by atoms with van der Waals surface area (Å²) in [5, 5.41) is 0.342. The minimum Gasteiger partial charge on any atom is -0.292 e. The van der Waals surface area contributed by atoms with E-state index in [1.165, 1.54) is 18.2 Å². The summed E-state index contributed by atoms with van der Waals surface area (Å²) in [7, 11) is 0. The molecule has 2 nitrogen and oxygen atoms in total. The molecule has 20 heavy (non-hydrogen) atoms. The van der Waals surface area contributed by atoms with Crippen molar-refractivity contribution < 1.29 is 9.18 Å². The van der Waals surface area contributed by atoms with Crippen LogP contribution in [0.5, 0.6) is 0 Å². The number of rotatable bonds is 5. The maximum Gasteiger partial charge on any atom is 0.184 e. The molecule has 0 aromatic heterocycles. The minimum absolute atomic E-state index is 0.0248. The Kier molecular flexibility index (Phi) is 4.82. The molecular formula is C16H21ClFNO. The third-order valence-electron chi connectivity index (χ3n) is 4.40. The Balaban J connectivity index is 2.44. The smallest absolute Gasteiger partial charge is 0.184 e. The van der Waals surface area contributed by atoms with Crippen LogP contribution in [0.2, 0.25) is 5.02 Å². The van der Waals surface area contributed by atoms with Crippen molar-refractivity contribution >= 4 is 17.4 Å². The number of carbonyl (C=O) groups is 1. The minimum atomic E-state index is -0.499. The molecule has 4 heteroatoms. The number of likely N-dealkylation sites (N-methyl/N-ethyl adjacent to an activating group) is 1. The van der Waals surface area contributed by atoms with Crippen molar-refractivity contribution in [3.05, 3.63) is 34.6 Å². The first-order valence-electron chi connectivity index (χ1n) is 7.30. The number of halogens is 2. The summed E-state index contributed by atoms with van der Waals surface area (Å²) in [4.78, 5) is 15.2. The van der Waals surface area contributed by atoms with Crippen molar-refractivity contribution in [2.75, 3.05) is 13.1 Å². The molecule has 110 valence electrons. The highest BCUT2D eigenvalue weighted by Crippen LogP contribution is 2.39. The SMILES string of the molecule is CCN(CC)C1(C(=O)c2cc(F)ccc2Cl)CCCC1. The first-order valence-corrected chi connectivity index (χ1v) is 7.68. The first kappa shape index (κ1) is 15.5. The number of benzene rings is 1. The van der Waals surface area contributed by atoms with Crippen LogP contribution in [0.25, 0.3) is 0 Å². The monoisotopic (exact) mass is 297 g/mol. The van der Waals surface area contributed by atoms with Gasteiger partial charge < -0.3 is 0 Å². The highest BCUT2D eigenvalue weighted by atomic mass is 35.5. The average Bonchev–Trinajstić information content (AvgIpc) is 2.93. The summed E-state index contributed by atoms with van der Waals surface area (Å²) in [6, 6.07) is 4.03. The Morgan fingerprint density at radius 2 is 1.90 bits per heavy atom. The van der Waals surface area contributed by atoms with Gasteiger partial charge in [0.25, 0.3) is 0 Å². The Bertz CT molecular complexity index is 493. The molecule has 1 aromatic carbocycles. The summed E-state index contributed by atoms with van der Waals surface area (Å²) < 4.78 is 13.5. The van der Waals surface area contributed by atoms with Crippen LogP contribution in [0.15, 0.2) is 18.2 Å². The third-order valence-corrected chi connectivity index (χ3v) is 4.72. The maximum absolute atomic E-state index is 13.5. The van der Waals surface area contributed by atoms with E-state index in [0.717, 1.165) is 38.8 Å². The number of hydrogen-bond donors (Lipinski definition) is 0. The quantitative estimate of drug-likeness (QED) is 0.755. The van der Waals surface area contributed by atoms with Gasteiger partial charge in [-0.1, -0.05) is 38.3 Å². The fourth-order valence-electron chi connectivity index (χ4n) is 3.40. The molecule has 0 saturated heterocycles. The van der Waals surface area contributed by atoms with Crippen LogP contribution in [-0.2, 0) is 0 Å². The number of hydrogen-bond acceptors (Lipinski definition) is 2. The molecule has 1 fully saturated rings. The highest BCUT2D eigenvalue weighted by Gasteiger charge is 2.45. The van der Waals surface area contributed by atoms with Gasteiger partial charge in [0.1, 0.15) is 5.82 Å². The van der Waals surface area contributed by atoms with Crippen LogP contribution in [0.3, 0.4) is 0 Å². The van der Waals surface area contributed by atoms with Gasteiger partial charge in [0.15, 0.2) is 5.78 Å². The molecule has 1 aromatic rings. The standard InChI is InChI=1S/C16H21ClFNO/c1-3-19(4-2)16(9-5-6-10-16)15(20)13-11-12(18)7-8-14(13)17/h7-8,11H,3-6,9-10H2,1-2H3. The predicted molar refractivity (Wildman–Crippen MR) is 79.9 cm³/mol. The molecular weight excluding hydrogens is 277 g/mol. The van der Waals surface area contributed by atoms with Crippen LogP contribution >= 0.6 is 11.6 Å². The Morgan fingerprint density at radius 1 is 1.30 bits per heavy atom. The molecule has 0 heterocycles. The lowest BCUT2D eigenvalue weighted by Gasteiger charge is -2.39. The molecule has 0 atom stereocenters. The highest BCUT2D eigenvalue weighted by molar-refractivity contribution is 6.34. The molecule has 0 unspecified atom stereocenters. The van der Waals surface area contributed by atoms with E-state index in [2.05, 4.69) is 18.7 Å². The molecule has 0 amide bonds. The molecule has 1 aliphatic carbocycles. The zero-order chi connectivity index (χ0) is 14.8. The Morgan fingerprint density at radius 3 is 2.45 bits per heavy atom. The molecule has 1 saturated carbocycles. The van der Waals surface area contributed by atoms with Gasteiger partial charge in [-0.25, -0.2) is 4.39 Å². The van der Waals surface area contributed by atoms with Crippen LogP contribution in [-0.4, -0.2) is 29.3 Å². The Labute approximate surface area is 124 Å². The third kappa shape index (κ3) is 2.61. The summed E-state index contributed by atoms with van der Waals surface area (Å²) in [5.74, 6) is -0.436. The molecule has 0 N–H and O–H groups in total. The predicted octanol–water partition coefficient (Wildman–Crippen LogP) is 4.32. The van der Waals surface area contributed by atoms with Gasteiger partial charge in [-0.05, 0) is 44.1 Å². The summed E-state index contributed by atoms with van der Waals surface area (Å²) in [5.41, 5.74) is -0.179. The van der Waals surface area contributed by atoms with Gasteiger partial charge in [0.05, 0.1) is 10.6 Å². The summed E-state index contributed by atoms with van der Waals surface area (Å²) in [6.07, 6.45) is 3.74. The van der Waals surface area contributed by atoms with E-state index in [-0.39, 0.29) is 5.78 Å². The average molecular weight is 298 g/mol. The number of carbonyl (C=O) groups excluding carboxylic acids is 1. The Hall–Kier alpha value is -0.930. The lowest BCUT2D eigenvalue weighted by Crippen LogP contribution is -2.52. The van der Waals surface area contributed by atoms with Crippen LogP contribution in [0, 0.1) is 5.82 Å². The largest absolute Gasteiger partial charge is 0.292 e. The van der Waals surface area contributed by atoms with Crippen LogP contribution in [0.1, 0.15) is 49.9 Å². The van der Waals surface area contributed by atoms with Crippen LogP contribution in [0.4, 0.5) is 4.39 Å². The van der Waals surface area contributed by atoms with Gasteiger partial charge >= 0.3 is 0 Å². The van der Waals surface area contributed by atoms with E-state index in [1.807, 2.05) is 0 Å². The lowest BCUT2D eigenvalue weighted by atomic mass is 9.85. The number of ketones is 1. The first-order chi connectivity index (χ1) is 9.55. The fraction of sp³-hybridized carbons (Fsp3) is 0.562. The van der Waals surface area contributed by atoms with Crippen molar-refractivity contribution in [3.8, 4) is 0 Å². The van der Waals surface area contributed by atoms with Crippen molar-refractivity contribution in [2.24, 2.45) is 0 Å². The number of nitrogens with zero attached hydrogens (tertiary/aromatic N) is 1. The molecule has 0 bridgehead atoms. The van der Waals surface area contributed by atoms with Gasteiger partial charge in [-0.2, -0.15) is 0 Å². The second-order valence-corrected chi connectivity index (χ2v) is 5.77. The summed E-state index contributed by atoms with van der Waals surface area (Å²) in [6.45, 7) is 5.75. The topological polar surface area (TPSA) is 20.3 Å². The van der Waals surface area contributed by atoms with Crippen molar-refractivity contribution in [1.29, 1.82) is 0 Å². The van der Waals surface area contributed by atoms with Crippen molar-refractivity contribution in [3.63, 3.8) is 0 Å². The van der Waals surface area contributed by atoms with E-state index < -0.39 is 11.4 Å². The number of Topliss-reactive ketones (excluding diaryl/α,β-unsaturated/α-hetero) is 1. The lowest BCUT2D eigenvalue weighted by molar-refractivity contribution is 0.0584. The van der Waals surface area contributed by atoms with E-state index in [4.69, 9.17) is 11.6 Å². The molecule has 0 aliphatic heterocycles. The molecule has 0 radical (unpaired) electrons. The molecule has 2 rings (SSSR count). The second kappa shape index (κ2) is 6.23. The normalized spacial score (nSPS) is 17.6. The maximum atomic E-state index is 13.5. The zero-order valence-electron chi connectivity index (χ0n) is 12.1. The van der Waals surface area contributed by atoms with Gasteiger partial charge in [0.2, 0.25) is 0 Å². The van der Waals surface area contributed by atoms with E-state index >= 15 is 0 Å². The molecule has 0 spiro atoms. The van der Waals surface area contributed by atoms with Gasteiger partial charge in [-0.15, -0.1) is 0 Å². The van der Waals surface area contributed by atoms with Crippen molar-refractivity contribution in [2.45, 2.75) is 45.1 Å². The van der Waals surface area contributed by atoms with E-state index in [0.29, 0.717) is 10.6 Å². The summed E-state index contributed by atoms with van der Waals surface area (Å²) >= 11 is 6.12. The van der Waals surface area contributed by atoms with E-state index in [9.17, 15) is 9.18 Å². The second-order valence-electron chi connectivity index (χ2n) is 5.36.